The van der Waals surface area contributed by atoms with Gasteiger partial charge < -0.3 is 20.9 Å². The molecule has 156 valence electrons. The molecule has 0 spiro atoms. The predicted molar refractivity (Wildman–Crippen MR) is 113 cm³/mol. The average molecular weight is 387 g/mol. The van der Waals surface area contributed by atoms with Crippen LogP contribution in [0.15, 0.2) is 18.2 Å². The largest absolute Gasteiger partial charge is 0.508 e. The number of rotatable bonds is 5. The van der Waals surface area contributed by atoms with Gasteiger partial charge in [0.1, 0.15) is 5.75 Å². The van der Waals surface area contributed by atoms with Crippen LogP contribution in [0.3, 0.4) is 0 Å². The van der Waals surface area contributed by atoms with Crippen LogP contribution in [0.5, 0.6) is 5.75 Å². The van der Waals surface area contributed by atoms with Gasteiger partial charge in [-0.3, -0.25) is 0 Å². The molecule has 2 saturated carbocycles. The summed E-state index contributed by atoms with van der Waals surface area (Å²) in [4.78, 5) is 0. The Morgan fingerprint density at radius 1 is 1.21 bits per heavy atom. The highest BCUT2D eigenvalue weighted by Crippen LogP contribution is 2.55. The highest BCUT2D eigenvalue weighted by Gasteiger charge is 2.57. The Morgan fingerprint density at radius 3 is 2.75 bits per heavy atom. The van der Waals surface area contributed by atoms with Gasteiger partial charge >= 0.3 is 0 Å². The molecular weight excluding hydrogens is 348 g/mol. The first kappa shape index (κ1) is 20.2. The van der Waals surface area contributed by atoms with E-state index in [0.717, 1.165) is 19.4 Å². The molecule has 0 unspecified atom stereocenters. The number of benzene rings is 1. The molecule has 4 fully saturated rings. The Kier molecular flexibility index (Phi) is 5.49. The molecule has 28 heavy (non-hydrogen) atoms. The molecule has 2 saturated heterocycles. The minimum absolute atomic E-state index is 0.000896. The van der Waals surface area contributed by atoms with Crippen LogP contribution in [0.1, 0.15) is 69.9 Å². The average Bonchev–Trinajstić information content (AvgIpc) is 2.63. The number of phenols is 1. The predicted octanol–water partition coefficient (Wildman–Crippen LogP) is 4.14. The molecule has 0 amide bonds. The third-order valence-electron chi connectivity index (χ3n) is 7.93. The summed E-state index contributed by atoms with van der Waals surface area (Å²) >= 11 is 0. The minimum atomic E-state index is -0.0835. The van der Waals surface area contributed by atoms with Gasteiger partial charge in [-0.25, -0.2) is 0 Å². The van der Waals surface area contributed by atoms with Crippen LogP contribution in [0.25, 0.3) is 0 Å². The summed E-state index contributed by atoms with van der Waals surface area (Å²) in [5.41, 5.74) is 9.12. The Morgan fingerprint density at radius 2 is 2.04 bits per heavy atom. The zero-order valence-corrected chi connectivity index (χ0v) is 17.8. The van der Waals surface area contributed by atoms with Gasteiger partial charge in [0.05, 0.1) is 11.2 Å². The molecule has 5 atom stereocenters. The third-order valence-corrected chi connectivity index (χ3v) is 7.93. The van der Waals surface area contributed by atoms with E-state index in [4.69, 9.17) is 10.5 Å². The maximum atomic E-state index is 9.87. The summed E-state index contributed by atoms with van der Waals surface area (Å²) in [7, 11) is 1.96. The van der Waals surface area contributed by atoms with Crippen LogP contribution < -0.4 is 11.1 Å². The first-order valence-electron chi connectivity index (χ1n) is 11.2. The van der Waals surface area contributed by atoms with Crippen LogP contribution in [0.4, 0.5) is 0 Å². The Hall–Kier alpha value is -1.10. The molecule has 4 heteroatoms. The molecule has 2 aliphatic heterocycles. The number of phenolic OH excluding ortho intramolecular Hbond substituents is 1. The van der Waals surface area contributed by atoms with E-state index in [1.54, 1.807) is 0 Å². The van der Waals surface area contributed by atoms with Gasteiger partial charge in [0, 0.05) is 18.5 Å². The van der Waals surface area contributed by atoms with Gasteiger partial charge in [0.2, 0.25) is 0 Å². The topological polar surface area (TPSA) is 67.5 Å². The second kappa shape index (κ2) is 7.62. The molecule has 1 aromatic carbocycles. The number of fused-ring (bicyclic) bond motifs is 3. The van der Waals surface area contributed by atoms with Crippen molar-refractivity contribution < 1.29 is 9.84 Å². The highest BCUT2D eigenvalue weighted by atomic mass is 16.5. The van der Waals surface area contributed by atoms with Crippen LogP contribution >= 0.6 is 0 Å². The SMILES string of the molecule is CNCc1cc(O)ccc1C[C@H]1CCC[C@@H]([C@]23CC[C@@H]([C@@H](N)C2)C(C)(C)O3)C1. The maximum absolute atomic E-state index is 9.87. The number of nitrogens with one attached hydrogen (secondary N) is 1. The summed E-state index contributed by atoms with van der Waals surface area (Å²) in [5, 5.41) is 13.1. The smallest absolute Gasteiger partial charge is 0.115 e. The first-order chi connectivity index (χ1) is 13.3. The number of hydrogen-bond donors (Lipinski definition) is 3. The van der Waals surface area contributed by atoms with Crippen molar-refractivity contribution in [2.24, 2.45) is 23.5 Å². The summed E-state index contributed by atoms with van der Waals surface area (Å²) in [6.45, 7) is 5.31. The summed E-state index contributed by atoms with van der Waals surface area (Å²) in [6, 6.07) is 6.15. The monoisotopic (exact) mass is 386 g/mol. The van der Waals surface area contributed by atoms with Gasteiger partial charge in [-0.1, -0.05) is 18.9 Å². The quantitative estimate of drug-likeness (QED) is 0.712. The normalized spacial score (nSPS) is 37.1. The van der Waals surface area contributed by atoms with Crippen molar-refractivity contribution in [2.75, 3.05) is 7.05 Å². The van der Waals surface area contributed by atoms with Crippen molar-refractivity contribution in [3.63, 3.8) is 0 Å². The number of aromatic hydroxyl groups is 1. The van der Waals surface area contributed by atoms with Crippen molar-refractivity contribution in [1.29, 1.82) is 0 Å². The van der Waals surface area contributed by atoms with E-state index in [2.05, 4.69) is 25.2 Å². The van der Waals surface area contributed by atoms with Crippen molar-refractivity contribution in [2.45, 2.75) is 89.0 Å². The van der Waals surface area contributed by atoms with Gasteiger partial charge in [-0.05, 0) is 94.5 Å². The molecule has 4 N–H and O–H groups in total. The Balaban J connectivity index is 1.50. The molecule has 5 rings (SSSR count). The molecule has 0 radical (unpaired) electrons. The van der Waals surface area contributed by atoms with Crippen LogP contribution in [-0.4, -0.2) is 29.4 Å². The lowest BCUT2D eigenvalue weighted by atomic mass is 9.58. The minimum Gasteiger partial charge on any atom is -0.508 e. The van der Waals surface area contributed by atoms with Gasteiger partial charge in [-0.15, -0.1) is 0 Å². The molecule has 2 bridgehead atoms. The third kappa shape index (κ3) is 3.71. The van der Waals surface area contributed by atoms with Gasteiger partial charge in [0.15, 0.2) is 0 Å². The zero-order chi connectivity index (χ0) is 19.9. The molecule has 2 aliphatic carbocycles. The zero-order valence-electron chi connectivity index (χ0n) is 17.8. The van der Waals surface area contributed by atoms with E-state index < -0.39 is 0 Å². The van der Waals surface area contributed by atoms with Crippen LogP contribution in [0.2, 0.25) is 0 Å². The highest BCUT2D eigenvalue weighted by molar-refractivity contribution is 5.35. The van der Waals surface area contributed by atoms with E-state index in [-0.39, 0.29) is 17.2 Å². The molecule has 4 nitrogen and oxygen atoms in total. The van der Waals surface area contributed by atoms with Crippen molar-refractivity contribution in [3.05, 3.63) is 29.3 Å². The summed E-state index contributed by atoms with van der Waals surface area (Å²) < 4.78 is 6.82. The van der Waals surface area contributed by atoms with Gasteiger partial charge in [-0.2, -0.15) is 0 Å². The summed E-state index contributed by atoms with van der Waals surface area (Å²) in [5.74, 6) is 2.19. The van der Waals surface area contributed by atoms with Gasteiger partial charge in [0.25, 0.3) is 0 Å². The lowest BCUT2D eigenvalue weighted by Crippen LogP contribution is -2.66. The van der Waals surface area contributed by atoms with E-state index in [1.807, 2.05) is 19.2 Å². The van der Waals surface area contributed by atoms with E-state index in [0.29, 0.717) is 23.5 Å². The lowest BCUT2D eigenvalue weighted by molar-refractivity contribution is -0.268. The fourth-order valence-electron chi connectivity index (χ4n) is 6.70. The van der Waals surface area contributed by atoms with E-state index >= 15 is 0 Å². The fourth-order valence-corrected chi connectivity index (χ4v) is 6.70. The lowest BCUT2D eigenvalue weighted by Gasteiger charge is -2.61. The molecular formula is C24H38N2O2. The van der Waals surface area contributed by atoms with Crippen LogP contribution in [0, 0.1) is 17.8 Å². The molecule has 4 aliphatic rings. The second-order valence-corrected chi connectivity index (χ2v) is 10.2. The second-order valence-electron chi connectivity index (χ2n) is 10.2. The fraction of sp³-hybridized carbons (Fsp3) is 0.750. The molecule has 1 aromatic rings. The van der Waals surface area contributed by atoms with Crippen molar-refractivity contribution in [3.8, 4) is 5.75 Å². The van der Waals surface area contributed by atoms with Crippen molar-refractivity contribution in [1.82, 2.24) is 5.32 Å². The number of ether oxygens (including phenoxy) is 1. The van der Waals surface area contributed by atoms with E-state index in [9.17, 15) is 5.11 Å². The standard InChI is InChI=1S/C24H38N2O2/c1-23(2)21-9-10-24(28-23,14-22(21)25)19-6-4-5-16(12-19)11-17-7-8-20(27)13-18(17)15-26-3/h7-8,13,16,19,21-22,26-27H,4-6,9-12,14-15,25H2,1-3H3/t16-,19-,21+,22+,24+/m1/s1. The number of nitrogens with two attached hydrogens (primary N) is 1. The molecule has 0 aromatic heterocycles. The van der Waals surface area contributed by atoms with E-state index in [1.165, 1.54) is 49.7 Å². The molecule has 2 heterocycles. The van der Waals surface area contributed by atoms with Crippen molar-refractivity contribution >= 4 is 0 Å². The Bertz CT molecular complexity index is 704. The summed E-state index contributed by atoms with van der Waals surface area (Å²) in [6.07, 6.45) is 9.67. The first-order valence-corrected chi connectivity index (χ1v) is 11.2. The number of hydrogen-bond acceptors (Lipinski definition) is 4. The Labute approximate surface area is 170 Å². The van der Waals surface area contributed by atoms with Crippen LogP contribution in [-0.2, 0) is 17.7 Å². The maximum Gasteiger partial charge on any atom is 0.115 e.